The van der Waals surface area contributed by atoms with Gasteiger partial charge in [-0.2, -0.15) is 11.3 Å². The van der Waals surface area contributed by atoms with Gasteiger partial charge in [-0.3, -0.25) is 9.59 Å². The molecule has 1 aromatic carbocycles. The first-order valence-corrected chi connectivity index (χ1v) is 9.56. The van der Waals surface area contributed by atoms with Crippen LogP contribution in [0.5, 0.6) is 0 Å². The number of thiazole rings is 1. The summed E-state index contributed by atoms with van der Waals surface area (Å²) in [4.78, 5) is 28.0. The molecule has 1 N–H and O–H groups in total. The number of thiophene rings is 1. The van der Waals surface area contributed by atoms with E-state index in [-0.39, 0.29) is 25.4 Å². The zero-order valence-corrected chi connectivity index (χ0v) is 15.2. The fourth-order valence-corrected chi connectivity index (χ4v) is 3.64. The van der Waals surface area contributed by atoms with Gasteiger partial charge in [0.25, 0.3) is 5.91 Å². The van der Waals surface area contributed by atoms with E-state index in [0.717, 1.165) is 16.1 Å². The SMILES string of the molecule is O=C(COC(=O)Cc1csc(-c2ccsc2)n1)NCc1ccc(F)cc1. The van der Waals surface area contributed by atoms with Gasteiger partial charge in [0.2, 0.25) is 0 Å². The van der Waals surface area contributed by atoms with Crippen LogP contribution in [0.25, 0.3) is 10.6 Å². The van der Waals surface area contributed by atoms with E-state index in [1.807, 2.05) is 22.2 Å². The number of esters is 1. The average Bonchev–Trinajstić information content (AvgIpc) is 3.31. The third-order valence-corrected chi connectivity index (χ3v) is 5.04. The van der Waals surface area contributed by atoms with Crippen molar-refractivity contribution in [1.29, 1.82) is 0 Å². The van der Waals surface area contributed by atoms with Crippen molar-refractivity contribution in [3.63, 3.8) is 0 Å². The molecule has 134 valence electrons. The van der Waals surface area contributed by atoms with Gasteiger partial charge in [-0.15, -0.1) is 11.3 Å². The van der Waals surface area contributed by atoms with Crippen LogP contribution in [0.4, 0.5) is 4.39 Å². The zero-order valence-electron chi connectivity index (χ0n) is 13.6. The van der Waals surface area contributed by atoms with Gasteiger partial charge in [0.1, 0.15) is 10.8 Å². The largest absolute Gasteiger partial charge is 0.455 e. The highest BCUT2D eigenvalue weighted by molar-refractivity contribution is 7.14. The Morgan fingerprint density at radius 3 is 2.69 bits per heavy atom. The highest BCUT2D eigenvalue weighted by atomic mass is 32.1. The Hall–Kier alpha value is -2.58. The van der Waals surface area contributed by atoms with Crippen molar-refractivity contribution in [2.75, 3.05) is 6.61 Å². The first-order valence-electron chi connectivity index (χ1n) is 7.74. The molecule has 26 heavy (non-hydrogen) atoms. The molecule has 0 radical (unpaired) electrons. The minimum Gasteiger partial charge on any atom is -0.455 e. The Morgan fingerprint density at radius 1 is 1.15 bits per heavy atom. The third-order valence-electron chi connectivity index (χ3n) is 3.41. The van der Waals surface area contributed by atoms with Gasteiger partial charge in [-0.25, -0.2) is 9.37 Å². The van der Waals surface area contributed by atoms with E-state index in [1.54, 1.807) is 23.5 Å². The monoisotopic (exact) mass is 390 g/mol. The zero-order chi connectivity index (χ0) is 18.4. The highest BCUT2D eigenvalue weighted by Crippen LogP contribution is 2.25. The lowest BCUT2D eigenvalue weighted by Crippen LogP contribution is -2.28. The van der Waals surface area contributed by atoms with Crippen LogP contribution in [-0.4, -0.2) is 23.5 Å². The van der Waals surface area contributed by atoms with Crippen LogP contribution >= 0.6 is 22.7 Å². The van der Waals surface area contributed by atoms with Crippen molar-refractivity contribution in [3.8, 4) is 10.6 Å². The van der Waals surface area contributed by atoms with E-state index in [4.69, 9.17) is 4.74 Å². The summed E-state index contributed by atoms with van der Waals surface area (Å²) in [6.45, 7) is -0.117. The van der Waals surface area contributed by atoms with Crippen LogP contribution in [0.2, 0.25) is 0 Å². The summed E-state index contributed by atoms with van der Waals surface area (Å²) in [5.74, 6) is -1.26. The summed E-state index contributed by atoms with van der Waals surface area (Å²) in [7, 11) is 0. The number of ether oxygens (including phenoxy) is 1. The van der Waals surface area contributed by atoms with Crippen LogP contribution in [-0.2, 0) is 27.3 Å². The number of rotatable bonds is 7. The second kappa shape index (κ2) is 8.68. The molecular formula is C18H15FN2O3S2. The van der Waals surface area contributed by atoms with Gasteiger partial charge in [-0.1, -0.05) is 12.1 Å². The van der Waals surface area contributed by atoms with Gasteiger partial charge in [0.15, 0.2) is 6.61 Å². The molecule has 0 unspecified atom stereocenters. The Labute approximate surface area is 157 Å². The van der Waals surface area contributed by atoms with Gasteiger partial charge >= 0.3 is 5.97 Å². The highest BCUT2D eigenvalue weighted by Gasteiger charge is 2.12. The van der Waals surface area contributed by atoms with Crippen LogP contribution in [0.3, 0.4) is 0 Å². The number of carbonyl (C=O) groups is 2. The first-order chi connectivity index (χ1) is 12.6. The quantitative estimate of drug-likeness (QED) is 0.628. The average molecular weight is 390 g/mol. The number of nitrogens with zero attached hydrogens (tertiary/aromatic N) is 1. The molecule has 5 nitrogen and oxygen atoms in total. The maximum atomic E-state index is 12.8. The van der Waals surface area contributed by atoms with E-state index < -0.39 is 11.9 Å². The number of nitrogens with one attached hydrogen (secondary N) is 1. The lowest BCUT2D eigenvalue weighted by atomic mass is 10.2. The summed E-state index contributed by atoms with van der Waals surface area (Å²) in [6.07, 6.45) is 0.0197. The van der Waals surface area contributed by atoms with Crippen molar-refractivity contribution < 1.29 is 18.7 Å². The number of carbonyl (C=O) groups excluding carboxylic acids is 2. The Bertz CT molecular complexity index is 876. The van der Waals surface area contributed by atoms with Crippen molar-refractivity contribution in [2.24, 2.45) is 0 Å². The normalized spacial score (nSPS) is 10.5. The molecule has 3 aromatic rings. The topological polar surface area (TPSA) is 68.3 Å². The number of aromatic nitrogens is 1. The molecule has 0 bridgehead atoms. The summed E-state index contributed by atoms with van der Waals surface area (Å²) >= 11 is 3.05. The van der Waals surface area contributed by atoms with Crippen molar-refractivity contribution in [3.05, 3.63) is 63.5 Å². The summed E-state index contributed by atoms with van der Waals surface area (Å²) in [5.41, 5.74) is 2.40. The fraction of sp³-hybridized carbons (Fsp3) is 0.167. The standard InChI is InChI=1S/C18H15FN2O3S2/c19-14-3-1-12(2-4-14)8-20-16(22)9-24-17(23)7-15-11-26-18(21-15)13-5-6-25-10-13/h1-6,10-11H,7-9H2,(H,20,22). The van der Waals surface area contributed by atoms with E-state index in [2.05, 4.69) is 10.3 Å². The predicted molar refractivity (Wildman–Crippen MR) is 98.3 cm³/mol. The number of amides is 1. The van der Waals surface area contributed by atoms with Crippen molar-refractivity contribution >= 4 is 34.6 Å². The van der Waals surface area contributed by atoms with E-state index >= 15 is 0 Å². The Morgan fingerprint density at radius 2 is 1.96 bits per heavy atom. The van der Waals surface area contributed by atoms with Gasteiger partial charge < -0.3 is 10.1 Å². The van der Waals surface area contributed by atoms with Gasteiger partial charge in [-0.05, 0) is 29.1 Å². The predicted octanol–water partition coefficient (Wildman–Crippen LogP) is 3.41. The van der Waals surface area contributed by atoms with Crippen LogP contribution in [0, 0.1) is 5.82 Å². The molecule has 2 heterocycles. The van der Waals surface area contributed by atoms with Crippen LogP contribution in [0.15, 0.2) is 46.5 Å². The molecule has 2 aromatic heterocycles. The van der Waals surface area contributed by atoms with Crippen molar-refractivity contribution in [1.82, 2.24) is 10.3 Å². The molecule has 8 heteroatoms. The molecule has 1 amide bonds. The summed E-state index contributed by atoms with van der Waals surface area (Å²) < 4.78 is 17.8. The number of benzene rings is 1. The fourth-order valence-electron chi connectivity index (χ4n) is 2.11. The Kier molecular flexibility index (Phi) is 6.08. The molecule has 0 aliphatic rings. The minimum absolute atomic E-state index is 0.0197. The summed E-state index contributed by atoms with van der Waals surface area (Å²) in [5, 5.41) is 9.23. The number of hydrogen-bond donors (Lipinski definition) is 1. The molecule has 0 atom stereocenters. The van der Waals surface area contributed by atoms with E-state index in [9.17, 15) is 14.0 Å². The maximum Gasteiger partial charge on any atom is 0.312 e. The molecular weight excluding hydrogens is 375 g/mol. The van der Waals surface area contributed by atoms with Gasteiger partial charge in [0, 0.05) is 22.9 Å². The van der Waals surface area contributed by atoms with Crippen LogP contribution < -0.4 is 5.32 Å². The molecule has 0 saturated heterocycles. The lowest BCUT2D eigenvalue weighted by Gasteiger charge is -2.06. The number of halogens is 1. The first kappa shape index (κ1) is 18.2. The Balaban J connectivity index is 1.41. The molecule has 0 saturated carbocycles. The summed E-state index contributed by atoms with van der Waals surface area (Å²) in [6, 6.07) is 7.76. The molecule has 0 aliphatic heterocycles. The smallest absolute Gasteiger partial charge is 0.312 e. The molecule has 0 aliphatic carbocycles. The van der Waals surface area contributed by atoms with E-state index in [0.29, 0.717) is 5.69 Å². The molecule has 0 fully saturated rings. The second-order valence-corrected chi connectivity index (χ2v) is 7.03. The minimum atomic E-state index is -0.510. The van der Waals surface area contributed by atoms with Crippen LogP contribution in [0.1, 0.15) is 11.3 Å². The molecule has 0 spiro atoms. The maximum absolute atomic E-state index is 12.8. The lowest BCUT2D eigenvalue weighted by molar-refractivity contribution is -0.147. The third kappa shape index (κ3) is 5.21. The van der Waals surface area contributed by atoms with Crippen molar-refractivity contribution in [2.45, 2.75) is 13.0 Å². The second-order valence-electron chi connectivity index (χ2n) is 5.40. The number of hydrogen-bond acceptors (Lipinski definition) is 6. The molecule has 3 rings (SSSR count). The van der Waals surface area contributed by atoms with E-state index in [1.165, 1.54) is 23.5 Å². The van der Waals surface area contributed by atoms with Gasteiger partial charge in [0.05, 0.1) is 12.1 Å².